The fourth-order valence-corrected chi connectivity index (χ4v) is 1.54. The lowest BCUT2D eigenvalue weighted by Crippen LogP contribution is -2.04. The van der Waals surface area contributed by atoms with Gasteiger partial charge >= 0.3 is 11.9 Å². The second kappa shape index (κ2) is 3.69. The van der Waals surface area contributed by atoms with Gasteiger partial charge in [0.1, 0.15) is 11.8 Å². The Bertz CT molecular complexity index is 525. The molecule has 16 heavy (non-hydrogen) atoms. The van der Waals surface area contributed by atoms with E-state index in [1.54, 1.807) is 6.07 Å². The average molecular weight is 220 g/mol. The lowest BCUT2D eigenvalue weighted by Gasteiger charge is -2.05. The van der Waals surface area contributed by atoms with Crippen LogP contribution in [0.15, 0.2) is 29.1 Å². The topological polar surface area (TPSA) is 76.7 Å². The van der Waals surface area contributed by atoms with Crippen LogP contribution >= 0.6 is 0 Å². The molecule has 0 saturated carbocycles. The van der Waals surface area contributed by atoms with E-state index in [2.05, 4.69) is 4.74 Å². The van der Waals surface area contributed by atoms with Gasteiger partial charge in [-0.3, -0.25) is 0 Å². The minimum atomic E-state index is -1.06. The van der Waals surface area contributed by atoms with Crippen LogP contribution in [0.3, 0.4) is 0 Å². The third kappa shape index (κ3) is 1.42. The van der Waals surface area contributed by atoms with Gasteiger partial charge in [-0.05, 0) is 6.07 Å². The van der Waals surface area contributed by atoms with Crippen LogP contribution in [0.25, 0.3) is 11.1 Å². The molecule has 1 heterocycles. The number of hydrogen-bond donors (Lipinski definition) is 1. The molecule has 1 aliphatic heterocycles. The molecule has 1 N–H and O–H groups in total. The third-order valence-corrected chi connectivity index (χ3v) is 2.29. The molecular formula is C11H8O5. The molecule has 0 aromatic carbocycles. The van der Waals surface area contributed by atoms with Gasteiger partial charge in [0.2, 0.25) is 0 Å². The van der Waals surface area contributed by atoms with Gasteiger partial charge in [-0.2, -0.15) is 0 Å². The van der Waals surface area contributed by atoms with Crippen molar-refractivity contribution in [3.05, 3.63) is 35.8 Å². The number of aromatic carboxylic acids is 1. The van der Waals surface area contributed by atoms with E-state index in [1.807, 2.05) is 0 Å². The van der Waals surface area contributed by atoms with Crippen molar-refractivity contribution in [2.45, 2.75) is 0 Å². The van der Waals surface area contributed by atoms with Gasteiger partial charge in [0.25, 0.3) is 0 Å². The number of ether oxygens (including phenoxy) is 1. The Balaban J connectivity index is 2.60. The number of methoxy groups -OCH3 is 1. The zero-order chi connectivity index (χ0) is 11.7. The van der Waals surface area contributed by atoms with E-state index in [1.165, 1.54) is 25.7 Å². The summed E-state index contributed by atoms with van der Waals surface area (Å²) < 4.78 is 9.50. The first-order chi connectivity index (χ1) is 7.65. The van der Waals surface area contributed by atoms with E-state index in [-0.39, 0.29) is 11.1 Å². The van der Waals surface area contributed by atoms with Gasteiger partial charge in [0, 0.05) is 11.1 Å². The Morgan fingerprint density at radius 1 is 1.19 bits per heavy atom. The third-order valence-electron chi connectivity index (χ3n) is 2.29. The lowest BCUT2D eigenvalue weighted by atomic mass is 10.1. The van der Waals surface area contributed by atoms with Gasteiger partial charge < -0.3 is 14.3 Å². The fourth-order valence-electron chi connectivity index (χ4n) is 1.54. The Labute approximate surface area is 90.6 Å². The number of carbonyl (C=O) groups excluding carboxylic acids is 1. The van der Waals surface area contributed by atoms with Crippen LogP contribution < -0.4 is 0 Å². The molecule has 0 saturated heterocycles. The van der Waals surface area contributed by atoms with E-state index in [0.717, 1.165) is 0 Å². The van der Waals surface area contributed by atoms with Crippen LogP contribution in [-0.4, -0.2) is 24.2 Å². The number of carboxylic acids is 1. The van der Waals surface area contributed by atoms with Gasteiger partial charge in [-0.25, -0.2) is 9.59 Å². The van der Waals surface area contributed by atoms with Crippen molar-refractivity contribution in [3.8, 4) is 11.1 Å². The number of hydrogen-bond acceptors (Lipinski definition) is 4. The lowest BCUT2D eigenvalue weighted by molar-refractivity contribution is 0.0597. The summed E-state index contributed by atoms with van der Waals surface area (Å²) in [5.41, 5.74) is 1.21. The second-order valence-electron chi connectivity index (χ2n) is 3.16. The van der Waals surface area contributed by atoms with E-state index >= 15 is 0 Å². The summed E-state index contributed by atoms with van der Waals surface area (Å²) in [6, 6.07) is 2.98. The molecule has 5 heteroatoms. The molecule has 0 spiro atoms. The Morgan fingerprint density at radius 2 is 1.94 bits per heavy atom. The largest absolute Gasteiger partial charge is 0.478 e. The molecule has 2 aliphatic rings. The molecule has 0 aromatic rings. The molecular weight excluding hydrogens is 212 g/mol. The summed E-state index contributed by atoms with van der Waals surface area (Å²) in [7, 11) is 1.25. The first-order valence-corrected chi connectivity index (χ1v) is 4.45. The summed E-state index contributed by atoms with van der Waals surface area (Å²) in [5, 5.41) is 8.90. The van der Waals surface area contributed by atoms with Crippen molar-refractivity contribution in [2.24, 2.45) is 0 Å². The smallest absolute Gasteiger partial charge is 0.341 e. The molecule has 0 fully saturated rings. The monoisotopic (exact) mass is 220 g/mol. The Hall–Kier alpha value is -2.30. The van der Waals surface area contributed by atoms with Gasteiger partial charge in [-0.15, -0.1) is 0 Å². The van der Waals surface area contributed by atoms with Gasteiger partial charge in [0.15, 0.2) is 0 Å². The summed E-state index contributed by atoms with van der Waals surface area (Å²) in [5.74, 6) is -1.62. The summed E-state index contributed by atoms with van der Waals surface area (Å²) in [4.78, 5) is 22.2. The van der Waals surface area contributed by atoms with Crippen LogP contribution in [0.5, 0.6) is 0 Å². The number of carbonyl (C=O) groups is 2. The Morgan fingerprint density at radius 3 is 2.56 bits per heavy atom. The Kier molecular flexibility index (Phi) is 2.36. The van der Waals surface area contributed by atoms with Crippen molar-refractivity contribution in [1.29, 1.82) is 0 Å². The first-order valence-electron chi connectivity index (χ1n) is 4.45. The van der Waals surface area contributed by atoms with Crippen molar-refractivity contribution in [2.75, 3.05) is 7.11 Å². The maximum absolute atomic E-state index is 11.4. The maximum Gasteiger partial charge on any atom is 0.341 e. The zero-order valence-corrected chi connectivity index (χ0v) is 8.39. The molecule has 1 aliphatic carbocycles. The molecule has 0 unspecified atom stereocenters. The summed E-state index contributed by atoms with van der Waals surface area (Å²) in [6.07, 6.45) is 2.53. The summed E-state index contributed by atoms with van der Waals surface area (Å²) in [6.45, 7) is 0. The minimum absolute atomic E-state index is 0.101. The van der Waals surface area contributed by atoms with Crippen LogP contribution in [-0.2, 0) is 4.74 Å². The fraction of sp³-hybridized carbons (Fsp3) is 0.0909. The predicted molar refractivity (Wildman–Crippen MR) is 53.6 cm³/mol. The highest BCUT2D eigenvalue weighted by molar-refractivity contribution is 6.03. The van der Waals surface area contributed by atoms with Gasteiger partial charge in [0.05, 0.1) is 18.9 Å². The summed E-state index contributed by atoms with van der Waals surface area (Å²) >= 11 is 0. The predicted octanol–water partition coefficient (Wildman–Crippen LogP) is 1.87. The number of carboxylic acid groups (broad SMARTS) is 1. The van der Waals surface area contributed by atoms with Crippen molar-refractivity contribution in [3.63, 3.8) is 0 Å². The van der Waals surface area contributed by atoms with E-state index in [4.69, 9.17) is 9.52 Å². The van der Waals surface area contributed by atoms with Crippen molar-refractivity contribution in [1.82, 2.24) is 0 Å². The van der Waals surface area contributed by atoms with Crippen LogP contribution in [0.2, 0.25) is 0 Å². The van der Waals surface area contributed by atoms with E-state index in [0.29, 0.717) is 11.1 Å². The molecule has 0 radical (unpaired) electrons. The highest BCUT2D eigenvalue weighted by Crippen LogP contribution is 2.31. The molecule has 5 nitrogen and oxygen atoms in total. The maximum atomic E-state index is 11.4. The number of esters is 1. The first kappa shape index (κ1) is 10.2. The molecule has 0 aromatic heterocycles. The molecule has 0 atom stereocenters. The van der Waals surface area contributed by atoms with Gasteiger partial charge in [-0.1, -0.05) is 6.07 Å². The van der Waals surface area contributed by atoms with Crippen molar-refractivity contribution >= 4 is 11.9 Å². The van der Waals surface area contributed by atoms with Crippen LogP contribution in [0.1, 0.15) is 20.7 Å². The average Bonchev–Trinajstić information content (AvgIpc) is 2.71. The van der Waals surface area contributed by atoms with Crippen LogP contribution in [0.4, 0.5) is 0 Å². The van der Waals surface area contributed by atoms with E-state index in [9.17, 15) is 9.59 Å². The molecule has 0 bridgehead atoms. The highest BCUT2D eigenvalue weighted by atomic mass is 16.5. The molecule has 0 amide bonds. The highest BCUT2D eigenvalue weighted by Gasteiger charge is 2.22. The normalized spacial score (nSPS) is 10.3. The van der Waals surface area contributed by atoms with Crippen molar-refractivity contribution < 1.29 is 23.8 Å². The number of rotatable bonds is 2. The quantitative estimate of drug-likeness (QED) is 0.781. The molecule has 2 rings (SSSR count). The SMILES string of the molecule is COC(=O)c1cocc2c(C(=O)O)ccc1-2. The minimum Gasteiger partial charge on any atom is -0.478 e. The standard InChI is InChI=1S/C11H8O5/c1-15-11(14)9-5-16-4-8-6(9)2-3-7(8)10(12)13/h2-5H,1H3,(H,12,13). The number of fused-ring (bicyclic) bond motifs is 1. The molecule has 82 valence electrons. The second-order valence-corrected chi connectivity index (χ2v) is 3.16. The van der Waals surface area contributed by atoms with Crippen LogP contribution in [0, 0.1) is 0 Å². The van der Waals surface area contributed by atoms with E-state index < -0.39 is 11.9 Å². The zero-order valence-electron chi connectivity index (χ0n) is 8.39.